The lowest BCUT2D eigenvalue weighted by molar-refractivity contribution is 0.245. The number of hydrogen-bond acceptors (Lipinski definition) is 5. The molecule has 1 atom stereocenters. The molecule has 5 rings (SSSR count). The molecule has 1 heterocycles. The van der Waals surface area contributed by atoms with Gasteiger partial charge in [-0.3, -0.25) is 4.90 Å². The van der Waals surface area contributed by atoms with E-state index in [0.717, 1.165) is 34.7 Å². The average molecular weight is 527 g/mol. The molecule has 2 aliphatic rings. The minimum Gasteiger partial charge on any atom is -0.354 e. The molecule has 0 amide bonds. The Labute approximate surface area is 227 Å². The van der Waals surface area contributed by atoms with Crippen molar-refractivity contribution in [2.24, 2.45) is 4.99 Å². The molecule has 0 spiro atoms. The van der Waals surface area contributed by atoms with Crippen LogP contribution in [0.4, 0.5) is 25.8 Å². The van der Waals surface area contributed by atoms with Crippen molar-refractivity contribution in [3.8, 4) is 11.4 Å². The minimum atomic E-state index is -0.320. The Bertz CT molecular complexity index is 1640. The maximum absolute atomic E-state index is 13.6. The molecule has 39 heavy (non-hydrogen) atoms. The summed E-state index contributed by atoms with van der Waals surface area (Å²) in [4.78, 5) is 14.2. The number of nitrogens with zero attached hydrogens (tertiary/aromatic N) is 5. The molecule has 0 fully saturated rings. The summed E-state index contributed by atoms with van der Waals surface area (Å²) in [6, 6.07) is 22.6. The molecular formula is C31H32F2N6. The Morgan fingerprint density at radius 3 is 2.18 bits per heavy atom. The van der Waals surface area contributed by atoms with E-state index in [1.807, 2.05) is 40.3 Å². The van der Waals surface area contributed by atoms with Crippen molar-refractivity contribution in [1.82, 2.24) is 19.4 Å². The quantitative estimate of drug-likeness (QED) is 0.245. The highest BCUT2D eigenvalue weighted by molar-refractivity contribution is 5.83. The van der Waals surface area contributed by atoms with Gasteiger partial charge in [0.05, 0.1) is 45.3 Å². The highest BCUT2D eigenvalue weighted by Gasteiger charge is 2.20. The van der Waals surface area contributed by atoms with E-state index in [4.69, 9.17) is 9.98 Å². The summed E-state index contributed by atoms with van der Waals surface area (Å²) >= 11 is 0. The first kappa shape index (κ1) is 26.5. The van der Waals surface area contributed by atoms with Crippen molar-refractivity contribution in [2.45, 2.75) is 19.6 Å². The van der Waals surface area contributed by atoms with Crippen LogP contribution in [-0.2, 0) is 6.54 Å². The molecule has 0 bridgehead atoms. The Morgan fingerprint density at radius 2 is 1.54 bits per heavy atom. The molecule has 0 radical (unpaired) electrons. The number of halogens is 2. The van der Waals surface area contributed by atoms with Crippen LogP contribution >= 0.6 is 0 Å². The first-order valence-electron chi connectivity index (χ1n) is 12.8. The molecule has 8 heteroatoms. The van der Waals surface area contributed by atoms with E-state index in [1.165, 1.54) is 29.8 Å². The van der Waals surface area contributed by atoms with Crippen molar-refractivity contribution in [3.63, 3.8) is 0 Å². The summed E-state index contributed by atoms with van der Waals surface area (Å²) in [5.41, 5.74) is 6.83. The summed E-state index contributed by atoms with van der Waals surface area (Å²) < 4.78 is 29.4. The van der Waals surface area contributed by atoms with Gasteiger partial charge in [-0.2, -0.15) is 0 Å². The number of rotatable bonds is 7. The van der Waals surface area contributed by atoms with Crippen LogP contribution in [0.15, 0.2) is 83.9 Å². The molecule has 0 saturated carbocycles. The zero-order chi connectivity index (χ0) is 27.7. The Balaban J connectivity index is 1.79. The van der Waals surface area contributed by atoms with E-state index in [2.05, 4.69) is 44.8 Å². The average Bonchev–Trinajstić information content (AvgIpc) is 2.89. The van der Waals surface area contributed by atoms with Crippen LogP contribution in [0.3, 0.4) is 0 Å². The van der Waals surface area contributed by atoms with Crippen LogP contribution in [-0.4, -0.2) is 47.5 Å². The number of nitrogens with one attached hydrogen (secondary N) is 1. The highest BCUT2D eigenvalue weighted by atomic mass is 19.1. The van der Waals surface area contributed by atoms with Gasteiger partial charge in [-0.15, -0.1) is 0 Å². The molecular weight excluding hydrogens is 494 g/mol. The van der Waals surface area contributed by atoms with Crippen LogP contribution in [0.25, 0.3) is 22.4 Å². The van der Waals surface area contributed by atoms with E-state index < -0.39 is 0 Å². The lowest BCUT2D eigenvalue weighted by Crippen LogP contribution is -2.26. The van der Waals surface area contributed by atoms with Gasteiger partial charge in [0.25, 0.3) is 0 Å². The molecule has 1 N–H and O–H groups in total. The summed E-state index contributed by atoms with van der Waals surface area (Å²) in [7, 11) is 8.19. The van der Waals surface area contributed by atoms with Gasteiger partial charge in [0.2, 0.25) is 0 Å². The summed E-state index contributed by atoms with van der Waals surface area (Å²) in [5, 5.41) is 4.04. The van der Waals surface area contributed by atoms with Crippen molar-refractivity contribution in [3.05, 3.63) is 101 Å². The fourth-order valence-electron chi connectivity index (χ4n) is 4.60. The fraction of sp³-hybridized carbons (Fsp3) is 0.226. The first-order chi connectivity index (χ1) is 18.7. The van der Waals surface area contributed by atoms with Crippen molar-refractivity contribution in [1.29, 1.82) is 0 Å². The first-order valence-corrected chi connectivity index (χ1v) is 12.8. The molecule has 3 aromatic rings. The molecule has 0 saturated heterocycles. The van der Waals surface area contributed by atoms with Gasteiger partial charge < -0.3 is 14.8 Å². The summed E-state index contributed by atoms with van der Waals surface area (Å²) in [6.45, 7) is 2.96. The maximum Gasteiger partial charge on any atom is 0.123 e. The van der Waals surface area contributed by atoms with Gasteiger partial charge in [-0.1, -0.05) is 6.07 Å². The lowest BCUT2D eigenvalue weighted by atomic mass is 10.1. The largest absolute Gasteiger partial charge is 0.354 e. The third-order valence-corrected chi connectivity index (χ3v) is 6.71. The smallest absolute Gasteiger partial charge is 0.123 e. The van der Waals surface area contributed by atoms with Crippen molar-refractivity contribution >= 4 is 28.1 Å². The zero-order valence-corrected chi connectivity index (χ0v) is 22.8. The van der Waals surface area contributed by atoms with Crippen molar-refractivity contribution < 1.29 is 8.78 Å². The minimum absolute atomic E-state index is 0.0206. The van der Waals surface area contributed by atoms with Gasteiger partial charge in [-0.05, 0) is 113 Å². The summed E-state index contributed by atoms with van der Waals surface area (Å²) in [5.74, 6) is -0.630. The molecule has 1 aliphatic carbocycles. The third kappa shape index (κ3) is 5.82. The van der Waals surface area contributed by atoms with Gasteiger partial charge in [0.1, 0.15) is 11.6 Å². The second-order valence-electron chi connectivity index (χ2n) is 10.2. The van der Waals surface area contributed by atoms with E-state index in [1.54, 1.807) is 24.3 Å². The van der Waals surface area contributed by atoms with Crippen LogP contribution < -0.4 is 10.7 Å². The summed E-state index contributed by atoms with van der Waals surface area (Å²) in [6.07, 6.45) is 0.0206. The van der Waals surface area contributed by atoms with E-state index in [-0.39, 0.29) is 17.8 Å². The predicted molar refractivity (Wildman–Crippen MR) is 153 cm³/mol. The second-order valence-corrected chi connectivity index (χ2v) is 10.2. The lowest BCUT2D eigenvalue weighted by Gasteiger charge is -2.29. The molecule has 0 aromatic heterocycles. The second kappa shape index (κ2) is 10.9. The monoisotopic (exact) mass is 526 g/mol. The number of hydrogen-bond donors (Lipinski definition) is 1. The standard InChI is InChI=1S/C31H32F2N6/c1-20(38(4)5)39-30-15-6-21(19-37(2)3)16-28(30)36-29-17-26(34-24-11-7-22(32)8-12-24)27(18-31(29)39)35-25-13-9-23(33)10-14-25/h6-18,20,34H,19H2,1-5H3. The fourth-order valence-corrected chi connectivity index (χ4v) is 4.60. The Morgan fingerprint density at radius 1 is 0.872 bits per heavy atom. The molecule has 200 valence electrons. The number of aromatic nitrogens is 2. The van der Waals surface area contributed by atoms with E-state index >= 15 is 0 Å². The number of benzene rings is 4. The van der Waals surface area contributed by atoms with Crippen LogP contribution in [0.2, 0.25) is 0 Å². The SMILES string of the molecule is CC(N(C)C)n1c2cc(=Nc3ccc(F)cc3)c(Nc3ccc(F)cc3)cc-2nc2cc(CN(C)C)ccc21. The maximum atomic E-state index is 13.6. The molecule has 1 unspecified atom stereocenters. The van der Waals surface area contributed by atoms with Gasteiger partial charge in [0, 0.05) is 12.2 Å². The van der Waals surface area contributed by atoms with Crippen LogP contribution in [0.5, 0.6) is 0 Å². The highest BCUT2D eigenvalue weighted by Crippen LogP contribution is 2.32. The molecule has 1 aliphatic heterocycles. The van der Waals surface area contributed by atoms with Gasteiger partial charge >= 0.3 is 0 Å². The van der Waals surface area contributed by atoms with E-state index in [0.29, 0.717) is 16.7 Å². The molecule has 3 aromatic carbocycles. The Kier molecular flexibility index (Phi) is 7.41. The van der Waals surface area contributed by atoms with Crippen LogP contribution in [0, 0.1) is 11.6 Å². The Hall–Kier alpha value is -4.14. The van der Waals surface area contributed by atoms with Gasteiger partial charge in [0.15, 0.2) is 0 Å². The van der Waals surface area contributed by atoms with Gasteiger partial charge in [-0.25, -0.2) is 18.8 Å². The number of anilines is 2. The normalized spacial score (nSPS) is 13.1. The van der Waals surface area contributed by atoms with Crippen LogP contribution in [0.1, 0.15) is 18.7 Å². The zero-order valence-electron chi connectivity index (χ0n) is 22.8. The van der Waals surface area contributed by atoms with Crippen molar-refractivity contribution in [2.75, 3.05) is 33.5 Å². The molecule has 6 nitrogen and oxygen atoms in total. The third-order valence-electron chi connectivity index (χ3n) is 6.71. The number of fused-ring (bicyclic) bond motifs is 2. The topological polar surface area (TPSA) is 48.7 Å². The predicted octanol–water partition coefficient (Wildman–Crippen LogP) is 6.54. The van der Waals surface area contributed by atoms with E-state index in [9.17, 15) is 8.78 Å².